The molecule has 0 bridgehead atoms. The molecule has 0 saturated carbocycles. The number of para-hydroxylation sites is 1. The van der Waals surface area contributed by atoms with Crippen molar-refractivity contribution in [2.24, 2.45) is 5.10 Å². The lowest BCUT2D eigenvalue weighted by molar-refractivity contribution is -0.384. The Morgan fingerprint density at radius 2 is 1.52 bits per heavy atom. The van der Waals surface area contributed by atoms with Crippen LogP contribution in [-0.2, 0) is 0 Å². The summed E-state index contributed by atoms with van der Waals surface area (Å²) in [4.78, 5) is 22.4. The third-order valence-corrected chi connectivity index (χ3v) is 3.92. The SMILES string of the molecule is O=C(NN=C(C=Cc1ccc([N+](=O)[O-])cc1)c1ccccc1)Nc1ccccc1. The van der Waals surface area contributed by atoms with E-state index in [1.165, 1.54) is 12.1 Å². The summed E-state index contributed by atoms with van der Waals surface area (Å²) in [7, 11) is 0. The van der Waals surface area contributed by atoms with E-state index in [1.807, 2.05) is 48.5 Å². The summed E-state index contributed by atoms with van der Waals surface area (Å²) >= 11 is 0. The Bertz CT molecular complexity index is 1030. The zero-order valence-electron chi connectivity index (χ0n) is 15.4. The summed E-state index contributed by atoms with van der Waals surface area (Å²) < 4.78 is 0. The second-order valence-corrected chi connectivity index (χ2v) is 5.98. The maximum atomic E-state index is 12.1. The van der Waals surface area contributed by atoms with Crippen LogP contribution in [0.1, 0.15) is 11.1 Å². The van der Waals surface area contributed by atoms with Gasteiger partial charge in [0.1, 0.15) is 0 Å². The monoisotopic (exact) mass is 386 g/mol. The van der Waals surface area contributed by atoms with Crippen LogP contribution in [0.15, 0.2) is 96.1 Å². The van der Waals surface area contributed by atoms with E-state index >= 15 is 0 Å². The quantitative estimate of drug-likeness (QED) is 0.361. The molecule has 0 aromatic heterocycles. The Morgan fingerprint density at radius 1 is 0.897 bits per heavy atom. The van der Waals surface area contributed by atoms with Gasteiger partial charge < -0.3 is 5.32 Å². The molecule has 0 fully saturated rings. The Morgan fingerprint density at radius 3 is 2.14 bits per heavy atom. The molecular formula is C22H18N4O3. The van der Waals surface area contributed by atoms with Crippen LogP contribution < -0.4 is 10.7 Å². The molecule has 0 saturated heterocycles. The molecule has 7 heteroatoms. The van der Waals surface area contributed by atoms with Gasteiger partial charge in [0, 0.05) is 23.4 Å². The van der Waals surface area contributed by atoms with Crippen molar-refractivity contribution in [3.8, 4) is 0 Å². The number of nitro groups is 1. The highest BCUT2D eigenvalue weighted by Crippen LogP contribution is 2.13. The van der Waals surface area contributed by atoms with Gasteiger partial charge in [0.15, 0.2) is 0 Å². The van der Waals surface area contributed by atoms with Crippen LogP contribution in [0.25, 0.3) is 6.08 Å². The summed E-state index contributed by atoms with van der Waals surface area (Å²) in [6, 6.07) is 24.1. The molecule has 0 aliphatic rings. The largest absolute Gasteiger partial charge is 0.339 e. The zero-order valence-corrected chi connectivity index (χ0v) is 15.4. The van der Waals surface area contributed by atoms with Crippen molar-refractivity contribution in [1.82, 2.24) is 5.43 Å². The average Bonchev–Trinajstić information content (AvgIpc) is 2.75. The fourth-order valence-electron chi connectivity index (χ4n) is 2.48. The van der Waals surface area contributed by atoms with E-state index in [9.17, 15) is 14.9 Å². The number of carbonyl (C=O) groups is 1. The number of amides is 2. The van der Waals surface area contributed by atoms with Gasteiger partial charge in [-0.2, -0.15) is 5.10 Å². The number of urea groups is 1. The van der Waals surface area contributed by atoms with Gasteiger partial charge in [-0.05, 0) is 35.9 Å². The minimum atomic E-state index is -0.464. The number of hydrogen-bond acceptors (Lipinski definition) is 4. The number of nitro benzene ring substituents is 1. The number of anilines is 1. The topological polar surface area (TPSA) is 96.6 Å². The number of nitrogens with one attached hydrogen (secondary N) is 2. The first-order valence-corrected chi connectivity index (χ1v) is 8.79. The highest BCUT2D eigenvalue weighted by Gasteiger charge is 2.05. The summed E-state index contributed by atoms with van der Waals surface area (Å²) in [5, 5.41) is 17.7. The van der Waals surface area contributed by atoms with Crippen LogP contribution in [0.5, 0.6) is 0 Å². The maximum Gasteiger partial charge on any atom is 0.339 e. The lowest BCUT2D eigenvalue weighted by Crippen LogP contribution is -2.25. The van der Waals surface area contributed by atoms with Crippen molar-refractivity contribution < 1.29 is 9.72 Å². The second-order valence-electron chi connectivity index (χ2n) is 5.98. The van der Waals surface area contributed by atoms with Crippen molar-refractivity contribution in [1.29, 1.82) is 0 Å². The lowest BCUT2D eigenvalue weighted by atomic mass is 10.1. The molecule has 3 aromatic rings. The van der Waals surface area contributed by atoms with Crippen molar-refractivity contribution in [2.45, 2.75) is 0 Å². The van der Waals surface area contributed by atoms with Gasteiger partial charge in [-0.1, -0.05) is 54.6 Å². The first-order chi connectivity index (χ1) is 14.1. The second kappa shape index (κ2) is 9.61. The van der Waals surface area contributed by atoms with E-state index in [1.54, 1.807) is 36.4 Å². The molecule has 144 valence electrons. The molecule has 0 heterocycles. The van der Waals surface area contributed by atoms with Gasteiger partial charge >= 0.3 is 6.03 Å². The van der Waals surface area contributed by atoms with Crippen LogP contribution in [0.2, 0.25) is 0 Å². The number of non-ortho nitro benzene ring substituents is 1. The van der Waals surface area contributed by atoms with Crippen molar-refractivity contribution in [3.63, 3.8) is 0 Å². The van der Waals surface area contributed by atoms with Crippen LogP contribution in [0.4, 0.5) is 16.2 Å². The third kappa shape index (κ3) is 5.86. The molecule has 2 N–H and O–H groups in total. The molecule has 3 rings (SSSR count). The highest BCUT2D eigenvalue weighted by atomic mass is 16.6. The number of benzene rings is 3. The molecule has 0 spiro atoms. The number of nitrogens with zero attached hydrogens (tertiary/aromatic N) is 2. The molecule has 0 aliphatic carbocycles. The summed E-state index contributed by atoms with van der Waals surface area (Å²) in [6.45, 7) is 0. The molecule has 0 atom stereocenters. The minimum Gasteiger partial charge on any atom is -0.307 e. The first-order valence-electron chi connectivity index (χ1n) is 8.79. The molecular weight excluding hydrogens is 368 g/mol. The predicted octanol–water partition coefficient (Wildman–Crippen LogP) is 4.83. The fourth-order valence-corrected chi connectivity index (χ4v) is 2.48. The van der Waals surface area contributed by atoms with E-state index in [2.05, 4.69) is 15.8 Å². The van der Waals surface area contributed by atoms with Crippen LogP contribution in [0.3, 0.4) is 0 Å². The van der Waals surface area contributed by atoms with Crippen molar-refractivity contribution in [2.75, 3.05) is 5.32 Å². The maximum absolute atomic E-state index is 12.1. The molecule has 7 nitrogen and oxygen atoms in total. The number of rotatable bonds is 6. The van der Waals surface area contributed by atoms with Gasteiger partial charge in [-0.3, -0.25) is 10.1 Å². The number of allylic oxidation sites excluding steroid dienone is 1. The van der Waals surface area contributed by atoms with Gasteiger partial charge in [-0.25, -0.2) is 10.2 Å². The molecule has 2 amide bonds. The first kappa shape index (κ1) is 19.5. The standard InChI is InChI=1S/C22H18N4O3/c27-22(23-19-9-5-2-6-10-19)25-24-21(18-7-3-1-4-8-18)16-13-17-11-14-20(15-12-17)26(28)29/h1-16H,(H2,23,25,27). The minimum absolute atomic E-state index is 0.0262. The van der Waals surface area contributed by atoms with Crippen molar-refractivity contribution in [3.05, 3.63) is 112 Å². The van der Waals surface area contributed by atoms with Gasteiger partial charge in [0.2, 0.25) is 0 Å². The van der Waals surface area contributed by atoms with E-state index in [4.69, 9.17) is 0 Å². The Kier molecular flexibility index (Phi) is 6.46. The molecule has 0 radical (unpaired) electrons. The van der Waals surface area contributed by atoms with E-state index in [-0.39, 0.29) is 5.69 Å². The molecule has 3 aromatic carbocycles. The van der Waals surface area contributed by atoms with Gasteiger partial charge in [-0.15, -0.1) is 0 Å². The highest BCUT2D eigenvalue weighted by molar-refractivity contribution is 6.11. The predicted molar refractivity (Wildman–Crippen MR) is 114 cm³/mol. The lowest BCUT2D eigenvalue weighted by Gasteiger charge is -2.06. The number of hydrazone groups is 1. The summed E-state index contributed by atoms with van der Waals surface area (Å²) in [5.74, 6) is 0. The summed E-state index contributed by atoms with van der Waals surface area (Å²) in [6.07, 6.45) is 3.51. The zero-order chi connectivity index (χ0) is 20.5. The van der Waals surface area contributed by atoms with Crippen LogP contribution in [-0.4, -0.2) is 16.7 Å². The Balaban J connectivity index is 1.76. The van der Waals surface area contributed by atoms with Crippen molar-refractivity contribution >= 4 is 29.2 Å². The average molecular weight is 386 g/mol. The van der Waals surface area contributed by atoms with Crippen LogP contribution >= 0.6 is 0 Å². The Hall–Kier alpha value is -4.26. The Labute approximate surface area is 167 Å². The smallest absolute Gasteiger partial charge is 0.307 e. The molecule has 0 aliphatic heterocycles. The van der Waals surface area contributed by atoms with Gasteiger partial charge in [0.05, 0.1) is 10.6 Å². The van der Waals surface area contributed by atoms with E-state index < -0.39 is 11.0 Å². The number of hydrogen-bond donors (Lipinski definition) is 2. The number of carbonyl (C=O) groups excluding carboxylic acids is 1. The third-order valence-electron chi connectivity index (χ3n) is 3.92. The fraction of sp³-hybridized carbons (Fsp3) is 0. The molecule has 0 unspecified atom stereocenters. The normalized spacial score (nSPS) is 11.2. The van der Waals surface area contributed by atoms with E-state index in [0.29, 0.717) is 11.4 Å². The molecule has 29 heavy (non-hydrogen) atoms. The van der Waals surface area contributed by atoms with Crippen LogP contribution in [0, 0.1) is 10.1 Å². The van der Waals surface area contributed by atoms with Gasteiger partial charge in [0.25, 0.3) is 5.69 Å². The van der Waals surface area contributed by atoms with E-state index in [0.717, 1.165) is 11.1 Å². The summed E-state index contributed by atoms with van der Waals surface area (Å²) in [5.41, 5.74) is 5.29.